The molecule has 0 saturated heterocycles. The smallest absolute Gasteiger partial charge is 0.160 e. The van der Waals surface area contributed by atoms with Gasteiger partial charge in [0, 0.05) is 11.8 Å². The predicted octanol–water partition coefficient (Wildman–Crippen LogP) is 2.54. The number of fused-ring (bicyclic) bond motifs is 4. The first kappa shape index (κ1) is 12.2. The minimum Gasteiger partial charge on any atom is -0.496 e. The van der Waals surface area contributed by atoms with Gasteiger partial charge >= 0.3 is 0 Å². The van der Waals surface area contributed by atoms with Crippen LogP contribution in [0.4, 0.5) is 0 Å². The van der Waals surface area contributed by atoms with Gasteiger partial charge in [-0.05, 0) is 50.9 Å². The molecule has 102 valence electrons. The third-order valence-electron chi connectivity index (χ3n) is 4.08. The highest BCUT2D eigenvalue weighted by molar-refractivity contribution is 6.12. The minimum absolute atomic E-state index is 0.162. The van der Waals surface area contributed by atoms with Crippen LogP contribution in [0.3, 0.4) is 0 Å². The maximum Gasteiger partial charge on any atom is 0.160 e. The molecule has 21 heavy (non-hydrogen) atoms. The summed E-state index contributed by atoms with van der Waals surface area (Å²) in [6, 6.07) is 14.6. The van der Waals surface area contributed by atoms with E-state index >= 15 is 0 Å². The summed E-state index contributed by atoms with van der Waals surface area (Å²) in [5, 5.41) is 6.73. The molecule has 0 aromatic heterocycles. The first-order valence-corrected chi connectivity index (χ1v) is 7.00. The third kappa shape index (κ3) is 1.83. The number of ketones is 1. The summed E-state index contributed by atoms with van der Waals surface area (Å²) in [5.41, 5.74) is 0. The van der Waals surface area contributed by atoms with Crippen LogP contribution in [0.25, 0.3) is 33.7 Å². The Kier molecular flexibility index (Phi) is 2.58. The second-order valence-electron chi connectivity index (χ2n) is 5.35. The molecule has 0 atom stereocenters. The van der Waals surface area contributed by atoms with Gasteiger partial charge in [0.05, 0.1) is 7.11 Å². The summed E-state index contributed by atoms with van der Waals surface area (Å²) in [6.45, 7) is 0. The van der Waals surface area contributed by atoms with Gasteiger partial charge in [-0.15, -0.1) is 0 Å². The molecule has 0 N–H and O–H groups in total. The lowest BCUT2D eigenvalue weighted by atomic mass is 9.97. The molecular weight excluding hydrogens is 260 g/mol. The summed E-state index contributed by atoms with van der Waals surface area (Å²) in [5.74, 6) is 1.03. The van der Waals surface area contributed by atoms with E-state index in [1.54, 1.807) is 13.2 Å². The zero-order chi connectivity index (χ0) is 14.4. The Morgan fingerprint density at radius 3 is 2.57 bits per heavy atom. The second kappa shape index (κ2) is 4.45. The van der Waals surface area contributed by atoms with E-state index in [-0.39, 0.29) is 5.78 Å². The minimum atomic E-state index is 0.162. The van der Waals surface area contributed by atoms with Crippen LogP contribution in [0, 0.1) is 0 Å². The highest BCUT2D eigenvalue weighted by Gasteiger charge is 2.08. The summed E-state index contributed by atoms with van der Waals surface area (Å²) < 4.78 is 5.52. The van der Waals surface area contributed by atoms with Crippen molar-refractivity contribution in [2.75, 3.05) is 7.11 Å². The molecule has 3 aromatic rings. The number of hydrogen-bond acceptors (Lipinski definition) is 2. The Morgan fingerprint density at radius 2 is 1.76 bits per heavy atom. The van der Waals surface area contributed by atoms with Gasteiger partial charge in [-0.1, -0.05) is 30.3 Å². The maximum absolute atomic E-state index is 11.6. The molecule has 2 nitrogen and oxygen atoms in total. The average Bonchev–Trinajstić information content (AvgIpc) is 2.52. The quantitative estimate of drug-likeness (QED) is 0.637. The first-order chi connectivity index (χ1) is 10.3. The van der Waals surface area contributed by atoms with E-state index in [9.17, 15) is 4.79 Å². The molecule has 0 aliphatic heterocycles. The van der Waals surface area contributed by atoms with Crippen LogP contribution in [-0.2, 0) is 4.79 Å². The number of benzene rings is 3. The van der Waals surface area contributed by atoms with Gasteiger partial charge < -0.3 is 4.74 Å². The summed E-state index contributed by atoms with van der Waals surface area (Å²) in [7, 11) is 1.69. The highest BCUT2D eigenvalue weighted by atomic mass is 16.5. The van der Waals surface area contributed by atoms with Gasteiger partial charge in [0.1, 0.15) is 5.75 Å². The number of carbonyl (C=O) groups is 1. The van der Waals surface area contributed by atoms with Crippen molar-refractivity contribution in [1.82, 2.24) is 0 Å². The van der Waals surface area contributed by atoms with Gasteiger partial charge in [0.2, 0.25) is 0 Å². The van der Waals surface area contributed by atoms with E-state index in [0.717, 1.165) is 27.0 Å². The zero-order valence-corrected chi connectivity index (χ0v) is 11.7. The summed E-state index contributed by atoms with van der Waals surface area (Å²) in [4.78, 5) is 11.6. The molecule has 0 heterocycles. The van der Waals surface area contributed by atoms with Crippen LogP contribution in [0.15, 0.2) is 42.5 Å². The highest BCUT2D eigenvalue weighted by Crippen LogP contribution is 2.32. The van der Waals surface area contributed by atoms with E-state index in [1.807, 2.05) is 24.3 Å². The van der Waals surface area contributed by atoms with Crippen LogP contribution in [-0.4, -0.2) is 12.9 Å². The van der Waals surface area contributed by atoms with Crippen molar-refractivity contribution >= 4 is 39.5 Å². The molecular formula is C19H14O2. The molecule has 0 spiro atoms. The Balaban J connectivity index is 2.23. The van der Waals surface area contributed by atoms with Crippen LogP contribution in [0.5, 0.6) is 5.75 Å². The van der Waals surface area contributed by atoms with Crippen molar-refractivity contribution in [3.05, 3.63) is 52.9 Å². The van der Waals surface area contributed by atoms with Gasteiger partial charge in [0.25, 0.3) is 0 Å². The topological polar surface area (TPSA) is 26.3 Å². The molecule has 0 bridgehead atoms. The molecule has 0 fully saturated rings. The van der Waals surface area contributed by atoms with E-state index < -0.39 is 0 Å². The van der Waals surface area contributed by atoms with Crippen molar-refractivity contribution in [2.45, 2.75) is 6.42 Å². The normalized spacial score (nSPS) is 13.7. The molecule has 0 amide bonds. The second-order valence-corrected chi connectivity index (χ2v) is 5.35. The molecule has 4 rings (SSSR count). The third-order valence-corrected chi connectivity index (χ3v) is 4.08. The van der Waals surface area contributed by atoms with Crippen LogP contribution in [0.2, 0.25) is 0 Å². The molecule has 1 aliphatic rings. The fourth-order valence-corrected chi connectivity index (χ4v) is 3.07. The largest absolute Gasteiger partial charge is 0.496 e. The van der Waals surface area contributed by atoms with Gasteiger partial charge in [-0.3, -0.25) is 4.79 Å². The fourth-order valence-electron chi connectivity index (χ4n) is 3.07. The molecule has 1 aliphatic carbocycles. The van der Waals surface area contributed by atoms with E-state index in [4.69, 9.17) is 4.74 Å². The SMILES string of the molecule is COc1cc2cc3c(cc2c2ccccc12)=CCC(=O)C=3. The summed E-state index contributed by atoms with van der Waals surface area (Å²) >= 11 is 0. The molecule has 0 radical (unpaired) electrons. The monoisotopic (exact) mass is 274 g/mol. The average molecular weight is 274 g/mol. The predicted molar refractivity (Wildman–Crippen MR) is 85.8 cm³/mol. The molecule has 0 unspecified atom stereocenters. The standard InChI is InChI=1S/C19H14O2/c1-21-19-11-14-8-13-9-15(20)7-6-12(13)10-18(14)16-4-2-3-5-17(16)19/h2-6,8-11H,7H2,1H3. The van der Waals surface area contributed by atoms with E-state index in [0.29, 0.717) is 6.42 Å². The van der Waals surface area contributed by atoms with Gasteiger partial charge in [-0.25, -0.2) is 0 Å². The van der Waals surface area contributed by atoms with Crippen LogP contribution < -0.4 is 15.2 Å². The zero-order valence-electron chi connectivity index (χ0n) is 11.7. The fraction of sp³-hybridized carbons (Fsp3) is 0.105. The number of rotatable bonds is 1. The number of Topliss-reactive ketones (excluding diaryl/α,β-unsaturated/α-hetero) is 1. The number of ether oxygens (including phenoxy) is 1. The van der Waals surface area contributed by atoms with E-state index in [1.165, 1.54) is 10.8 Å². The molecule has 2 heteroatoms. The van der Waals surface area contributed by atoms with Crippen molar-refractivity contribution in [1.29, 1.82) is 0 Å². The van der Waals surface area contributed by atoms with E-state index in [2.05, 4.69) is 24.3 Å². The molecule has 0 saturated carbocycles. The number of hydrogen-bond donors (Lipinski definition) is 0. The Bertz CT molecular complexity index is 1010. The van der Waals surface area contributed by atoms with Crippen molar-refractivity contribution in [3.63, 3.8) is 0 Å². The Labute approximate surface area is 122 Å². The van der Waals surface area contributed by atoms with Gasteiger partial charge in [0.15, 0.2) is 5.78 Å². The van der Waals surface area contributed by atoms with Crippen LogP contribution in [0.1, 0.15) is 6.42 Å². The molecule has 3 aromatic carbocycles. The maximum atomic E-state index is 11.6. The number of carbonyl (C=O) groups excluding carboxylic acids is 1. The van der Waals surface area contributed by atoms with Crippen molar-refractivity contribution in [3.8, 4) is 5.75 Å². The van der Waals surface area contributed by atoms with Gasteiger partial charge in [-0.2, -0.15) is 0 Å². The number of methoxy groups -OCH3 is 1. The lowest BCUT2D eigenvalue weighted by Gasteiger charge is -2.10. The Morgan fingerprint density at radius 1 is 0.952 bits per heavy atom. The van der Waals surface area contributed by atoms with Crippen molar-refractivity contribution < 1.29 is 9.53 Å². The Hall–Kier alpha value is -2.61. The summed E-state index contributed by atoms with van der Waals surface area (Å²) in [6.07, 6.45) is 4.24. The first-order valence-electron chi connectivity index (χ1n) is 7.00. The lowest BCUT2D eigenvalue weighted by Crippen LogP contribution is -2.28. The van der Waals surface area contributed by atoms with Crippen LogP contribution >= 0.6 is 0 Å². The lowest BCUT2D eigenvalue weighted by molar-refractivity contribution is -0.112. The van der Waals surface area contributed by atoms with Crippen molar-refractivity contribution in [2.24, 2.45) is 0 Å².